The number of benzene rings is 2. The van der Waals surface area contributed by atoms with Crippen LogP contribution < -0.4 is 4.74 Å². The maximum absolute atomic E-state index is 11.1. The molecular formula is C16H15ClO3. The Morgan fingerprint density at radius 1 is 1.15 bits per heavy atom. The molecule has 0 fully saturated rings. The monoisotopic (exact) mass is 290 g/mol. The van der Waals surface area contributed by atoms with Gasteiger partial charge in [-0.3, -0.25) is 0 Å². The Bertz CT molecular complexity index is 635. The summed E-state index contributed by atoms with van der Waals surface area (Å²) in [5.41, 5.74) is 1.79. The summed E-state index contributed by atoms with van der Waals surface area (Å²) < 4.78 is 5.63. The zero-order chi connectivity index (χ0) is 14.7. The van der Waals surface area contributed by atoms with E-state index in [1.165, 1.54) is 6.07 Å². The van der Waals surface area contributed by atoms with Crippen LogP contribution in [0.1, 0.15) is 24.2 Å². The van der Waals surface area contributed by atoms with E-state index in [2.05, 4.69) is 0 Å². The van der Waals surface area contributed by atoms with Crippen molar-refractivity contribution in [3.8, 4) is 16.9 Å². The van der Waals surface area contributed by atoms with Crippen molar-refractivity contribution in [2.45, 2.75) is 20.0 Å². The van der Waals surface area contributed by atoms with Crippen LogP contribution in [-0.2, 0) is 0 Å². The second kappa shape index (κ2) is 5.97. The standard InChI is InChI=1S/C16H15ClO3/c1-10(2)20-15-5-3-4-11(9-15)12-6-13(16(18)19)8-14(17)7-12/h3-10H,1-2H3,(H,18,19). The minimum Gasteiger partial charge on any atom is -0.491 e. The van der Waals surface area contributed by atoms with Gasteiger partial charge in [-0.1, -0.05) is 23.7 Å². The van der Waals surface area contributed by atoms with Crippen molar-refractivity contribution in [1.29, 1.82) is 0 Å². The van der Waals surface area contributed by atoms with Crippen LogP contribution in [0, 0.1) is 0 Å². The first-order valence-corrected chi connectivity index (χ1v) is 6.64. The van der Waals surface area contributed by atoms with Gasteiger partial charge in [0.2, 0.25) is 0 Å². The Kier molecular flexibility index (Phi) is 4.30. The van der Waals surface area contributed by atoms with Crippen LogP contribution >= 0.6 is 11.6 Å². The number of hydrogen-bond donors (Lipinski definition) is 1. The third kappa shape index (κ3) is 3.52. The van der Waals surface area contributed by atoms with Crippen LogP contribution in [0.2, 0.25) is 5.02 Å². The first-order valence-electron chi connectivity index (χ1n) is 6.26. The Morgan fingerprint density at radius 2 is 1.90 bits per heavy atom. The smallest absolute Gasteiger partial charge is 0.335 e. The molecule has 0 aliphatic heterocycles. The van der Waals surface area contributed by atoms with Gasteiger partial charge in [-0.15, -0.1) is 0 Å². The molecule has 0 amide bonds. The molecule has 2 rings (SSSR count). The molecule has 4 heteroatoms. The predicted octanol–water partition coefficient (Wildman–Crippen LogP) is 4.49. The third-order valence-electron chi connectivity index (χ3n) is 2.68. The summed E-state index contributed by atoms with van der Waals surface area (Å²) in [6.07, 6.45) is 0.0826. The number of carbonyl (C=O) groups is 1. The Labute approximate surface area is 122 Å². The maximum Gasteiger partial charge on any atom is 0.335 e. The molecule has 0 aliphatic rings. The lowest BCUT2D eigenvalue weighted by molar-refractivity contribution is 0.0697. The second-order valence-corrected chi connectivity index (χ2v) is 5.16. The molecule has 104 valence electrons. The van der Waals surface area contributed by atoms with Crippen molar-refractivity contribution in [3.63, 3.8) is 0 Å². The molecule has 0 heterocycles. The van der Waals surface area contributed by atoms with Crippen molar-refractivity contribution >= 4 is 17.6 Å². The molecule has 3 nitrogen and oxygen atoms in total. The summed E-state index contributed by atoms with van der Waals surface area (Å²) in [7, 11) is 0. The number of halogens is 1. The Balaban J connectivity index is 2.43. The molecule has 2 aromatic rings. The minimum absolute atomic E-state index is 0.0826. The summed E-state index contributed by atoms with van der Waals surface area (Å²) in [6.45, 7) is 3.91. The van der Waals surface area contributed by atoms with E-state index in [1.807, 2.05) is 38.1 Å². The van der Waals surface area contributed by atoms with Crippen molar-refractivity contribution < 1.29 is 14.6 Å². The number of rotatable bonds is 4. The van der Waals surface area contributed by atoms with Gasteiger partial charge in [0, 0.05) is 5.02 Å². The quantitative estimate of drug-likeness (QED) is 0.902. The predicted molar refractivity (Wildman–Crippen MR) is 79.6 cm³/mol. The van der Waals surface area contributed by atoms with Gasteiger partial charge in [0.15, 0.2) is 0 Å². The fraction of sp³-hybridized carbons (Fsp3) is 0.188. The van der Waals surface area contributed by atoms with Crippen LogP contribution in [-0.4, -0.2) is 17.2 Å². The average molecular weight is 291 g/mol. The van der Waals surface area contributed by atoms with Crippen molar-refractivity contribution in [2.24, 2.45) is 0 Å². The molecule has 0 aromatic heterocycles. The summed E-state index contributed by atoms with van der Waals surface area (Å²) >= 11 is 5.97. The molecule has 1 N–H and O–H groups in total. The van der Waals surface area contributed by atoms with Gasteiger partial charge >= 0.3 is 5.97 Å². The molecular weight excluding hydrogens is 276 g/mol. The summed E-state index contributed by atoms with van der Waals surface area (Å²) in [4.78, 5) is 11.1. The highest BCUT2D eigenvalue weighted by atomic mass is 35.5. The van der Waals surface area contributed by atoms with Crippen molar-refractivity contribution in [2.75, 3.05) is 0 Å². The summed E-state index contributed by atoms with van der Waals surface area (Å²) in [5, 5.41) is 9.47. The maximum atomic E-state index is 11.1. The first-order chi connectivity index (χ1) is 9.45. The van der Waals surface area contributed by atoms with Gasteiger partial charge in [0.05, 0.1) is 11.7 Å². The van der Waals surface area contributed by atoms with Gasteiger partial charge in [-0.05, 0) is 55.3 Å². The van der Waals surface area contributed by atoms with Crippen molar-refractivity contribution in [3.05, 3.63) is 53.1 Å². The highest BCUT2D eigenvalue weighted by Gasteiger charge is 2.08. The van der Waals surface area contributed by atoms with Gasteiger partial charge in [-0.2, -0.15) is 0 Å². The fourth-order valence-electron chi connectivity index (χ4n) is 1.90. The number of aromatic carboxylic acids is 1. The summed E-state index contributed by atoms with van der Waals surface area (Å²) in [6, 6.07) is 12.3. The zero-order valence-corrected chi connectivity index (χ0v) is 12.0. The Morgan fingerprint density at radius 3 is 2.55 bits per heavy atom. The van der Waals surface area contributed by atoms with E-state index in [0.717, 1.165) is 16.9 Å². The molecule has 0 bridgehead atoms. The van der Waals surface area contributed by atoms with Gasteiger partial charge < -0.3 is 9.84 Å². The number of hydrogen-bond acceptors (Lipinski definition) is 2. The second-order valence-electron chi connectivity index (χ2n) is 4.73. The van der Waals surface area contributed by atoms with E-state index in [1.54, 1.807) is 12.1 Å². The zero-order valence-electron chi connectivity index (χ0n) is 11.3. The first kappa shape index (κ1) is 14.4. The van der Waals surface area contributed by atoms with E-state index in [9.17, 15) is 4.79 Å². The van der Waals surface area contributed by atoms with Crippen LogP contribution in [0.15, 0.2) is 42.5 Å². The lowest BCUT2D eigenvalue weighted by Crippen LogP contribution is -2.05. The van der Waals surface area contributed by atoms with E-state index in [0.29, 0.717) is 5.02 Å². The average Bonchev–Trinajstić information content (AvgIpc) is 2.37. The van der Waals surface area contributed by atoms with Crippen LogP contribution in [0.4, 0.5) is 0 Å². The van der Waals surface area contributed by atoms with E-state index in [-0.39, 0.29) is 11.7 Å². The molecule has 0 saturated heterocycles. The molecule has 0 unspecified atom stereocenters. The molecule has 0 aliphatic carbocycles. The molecule has 2 aromatic carbocycles. The lowest BCUT2D eigenvalue weighted by Gasteiger charge is -2.11. The van der Waals surface area contributed by atoms with Gasteiger partial charge in [-0.25, -0.2) is 4.79 Å². The third-order valence-corrected chi connectivity index (χ3v) is 2.90. The largest absolute Gasteiger partial charge is 0.491 e. The Hall–Kier alpha value is -2.00. The molecule has 20 heavy (non-hydrogen) atoms. The molecule has 0 atom stereocenters. The van der Waals surface area contributed by atoms with E-state index >= 15 is 0 Å². The van der Waals surface area contributed by atoms with Crippen LogP contribution in [0.3, 0.4) is 0 Å². The SMILES string of the molecule is CC(C)Oc1cccc(-c2cc(Cl)cc(C(=O)O)c2)c1. The van der Waals surface area contributed by atoms with Crippen LogP contribution in [0.25, 0.3) is 11.1 Å². The normalized spacial score (nSPS) is 10.6. The highest BCUT2D eigenvalue weighted by molar-refractivity contribution is 6.31. The van der Waals surface area contributed by atoms with E-state index in [4.69, 9.17) is 21.4 Å². The molecule has 0 saturated carbocycles. The summed E-state index contributed by atoms with van der Waals surface area (Å²) in [5.74, 6) is -0.252. The minimum atomic E-state index is -0.997. The van der Waals surface area contributed by atoms with Crippen molar-refractivity contribution in [1.82, 2.24) is 0 Å². The van der Waals surface area contributed by atoms with Crippen LogP contribution in [0.5, 0.6) is 5.75 Å². The topological polar surface area (TPSA) is 46.5 Å². The fourth-order valence-corrected chi connectivity index (χ4v) is 2.14. The lowest BCUT2D eigenvalue weighted by atomic mass is 10.0. The van der Waals surface area contributed by atoms with Gasteiger partial charge in [0.25, 0.3) is 0 Å². The molecule has 0 radical (unpaired) electrons. The van der Waals surface area contributed by atoms with Gasteiger partial charge in [0.1, 0.15) is 5.75 Å². The number of carboxylic acid groups (broad SMARTS) is 1. The highest BCUT2D eigenvalue weighted by Crippen LogP contribution is 2.28. The number of ether oxygens (including phenoxy) is 1. The number of carboxylic acids is 1. The molecule has 0 spiro atoms. The van der Waals surface area contributed by atoms with E-state index < -0.39 is 5.97 Å².